The summed E-state index contributed by atoms with van der Waals surface area (Å²) in [5, 5.41) is 0.684. The van der Waals surface area contributed by atoms with Crippen molar-refractivity contribution in [3.8, 4) is 11.1 Å². The lowest BCUT2D eigenvalue weighted by Gasteiger charge is -2.36. The molecule has 1 saturated heterocycles. The molecule has 1 fully saturated rings. The summed E-state index contributed by atoms with van der Waals surface area (Å²) < 4.78 is 19.1. The number of esters is 1. The Kier molecular flexibility index (Phi) is 7.08. The maximum absolute atomic E-state index is 14.0. The van der Waals surface area contributed by atoms with Crippen LogP contribution in [0.2, 0.25) is 5.02 Å². The average molecular weight is 453 g/mol. The monoisotopic (exact) mass is 452 g/mol. The fourth-order valence-electron chi connectivity index (χ4n) is 4.03. The van der Waals surface area contributed by atoms with Gasteiger partial charge in [-0.3, -0.25) is 4.90 Å². The van der Waals surface area contributed by atoms with Gasteiger partial charge in [-0.2, -0.15) is 0 Å². The van der Waals surface area contributed by atoms with Gasteiger partial charge in [-0.05, 0) is 72.1 Å². The van der Waals surface area contributed by atoms with Gasteiger partial charge in [0, 0.05) is 43.4 Å². The molecule has 4 rings (SSSR count). The lowest BCUT2D eigenvalue weighted by molar-refractivity contribution is 0.0526. The summed E-state index contributed by atoms with van der Waals surface area (Å²) in [5.41, 5.74) is 4.68. The summed E-state index contributed by atoms with van der Waals surface area (Å²) in [6.07, 6.45) is 0. The van der Waals surface area contributed by atoms with E-state index in [1.165, 1.54) is 6.07 Å². The van der Waals surface area contributed by atoms with Crippen LogP contribution >= 0.6 is 11.6 Å². The minimum atomic E-state index is -0.296. The van der Waals surface area contributed by atoms with Crippen LogP contribution in [0.15, 0.2) is 66.7 Å². The molecule has 3 aromatic rings. The molecule has 4 nitrogen and oxygen atoms in total. The highest BCUT2D eigenvalue weighted by Gasteiger charge is 2.19. The number of halogens is 2. The van der Waals surface area contributed by atoms with Gasteiger partial charge in [-0.15, -0.1) is 0 Å². The van der Waals surface area contributed by atoms with Crippen LogP contribution in [0.5, 0.6) is 0 Å². The van der Waals surface area contributed by atoms with Gasteiger partial charge in [0.15, 0.2) is 0 Å². The number of benzene rings is 3. The zero-order chi connectivity index (χ0) is 22.5. The number of carbonyl (C=O) groups is 1. The number of piperazine rings is 1. The van der Waals surface area contributed by atoms with Crippen LogP contribution < -0.4 is 4.90 Å². The molecule has 1 heterocycles. The third-order valence-corrected chi connectivity index (χ3v) is 5.98. The second-order valence-corrected chi connectivity index (χ2v) is 8.28. The van der Waals surface area contributed by atoms with Gasteiger partial charge in [0.05, 0.1) is 12.2 Å². The standard InChI is InChI=1S/C26H26ClFN2O2/c1-2-32-26(31)20-5-10-24(11-6-20)30-15-13-29(14-16-30)18-21-17-23(28)9-12-25(21)19-3-7-22(27)8-4-19/h3-12,17H,2,13-16,18H2,1H3. The van der Waals surface area contributed by atoms with Gasteiger partial charge < -0.3 is 9.64 Å². The molecule has 0 atom stereocenters. The first-order valence-corrected chi connectivity index (χ1v) is 11.2. The van der Waals surface area contributed by atoms with Crippen molar-refractivity contribution in [2.24, 2.45) is 0 Å². The molecule has 0 aromatic heterocycles. The van der Waals surface area contributed by atoms with E-state index in [4.69, 9.17) is 16.3 Å². The maximum atomic E-state index is 14.0. The molecule has 6 heteroatoms. The zero-order valence-electron chi connectivity index (χ0n) is 18.1. The molecule has 1 aliphatic rings. The smallest absolute Gasteiger partial charge is 0.338 e. The SMILES string of the molecule is CCOC(=O)c1ccc(N2CCN(Cc3cc(F)ccc3-c3ccc(Cl)cc3)CC2)cc1. The summed E-state index contributed by atoms with van der Waals surface area (Å²) in [5.74, 6) is -0.520. The molecule has 0 spiro atoms. The van der Waals surface area contributed by atoms with Crippen molar-refractivity contribution in [2.75, 3.05) is 37.7 Å². The molecular formula is C26H26ClFN2O2. The van der Waals surface area contributed by atoms with Crippen molar-refractivity contribution >= 4 is 23.3 Å². The molecule has 0 radical (unpaired) electrons. The van der Waals surface area contributed by atoms with Crippen LogP contribution in [0.3, 0.4) is 0 Å². The third kappa shape index (κ3) is 5.29. The summed E-state index contributed by atoms with van der Waals surface area (Å²) >= 11 is 6.03. The van der Waals surface area contributed by atoms with E-state index in [1.54, 1.807) is 13.0 Å². The van der Waals surface area contributed by atoms with Crippen molar-refractivity contribution < 1.29 is 13.9 Å². The zero-order valence-corrected chi connectivity index (χ0v) is 18.8. The van der Waals surface area contributed by atoms with Gasteiger partial charge in [-0.25, -0.2) is 9.18 Å². The Morgan fingerprint density at radius 1 is 0.969 bits per heavy atom. The summed E-state index contributed by atoms with van der Waals surface area (Å²) in [6.45, 7) is 6.33. The molecule has 32 heavy (non-hydrogen) atoms. The molecule has 1 aliphatic heterocycles. The van der Waals surface area contributed by atoms with E-state index in [1.807, 2.05) is 54.6 Å². The number of hydrogen-bond acceptors (Lipinski definition) is 4. The Balaban J connectivity index is 1.41. The molecule has 0 unspecified atom stereocenters. The van der Waals surface area contributed by atoms with Crippen LogP contribution in [-0.2, 0) is 11.3 Å². The summed E-state index contributed by atoms with van der Waals surface area (Å²) in [6, 6.07) is 20.2. The number of rotatable bonds is 6. The number of anilines is 1. The number of ether oxygens (including phenoxy) is 1. The number of carbonyl (C=O) groups excluding carboxylic acids is 1. The Hall–Kier alpha value is -2.89. The lowest BCUT2D eigenvalue weighted by Crippen LogP contribution is -2.46. The fourth-order valence-corrected chi connectivity index (χ4v) is 4.16. The second kappa shape index (κ2) is 10.2. The normalized spacial score (nSPS) is 14.4. The largest absolute Gasteiger partial charge is 0.462 e. The van der Waals surface area contributed by atoms with Gasteiger partial charge in [0.25, 0.3) is 0 Å². The van der Waals surface area contributed by atoms with Crippen LogP contribution in [0.1, 0.15) is 22.8 Å². The van der Waals surface area contributed by atoms with Gasteiger partial charge in [0.1, 0.15) is 5.82 Å². The second-order valence-electron chi connectivity index (χ2n) is 7.84. The summed E-state index contributed by atoms with van der Waals surface area (Å²) in [4.78, 5) is 16.5. The first kappa shape index (κ1) is 22.3. The molecule has 0 amide bonds. The number of nitrogens with zero attached hydrogens (tertiary/aromatic N) is 2. The summed E-state index contributed by atoms with van der Waals surface area (Å²) in [7, 11) is 0. The molecular weight excluding hydrogens is 427 g/mol. The van der Waals surface area contributed by atoms with Gasteiger partial charge >= 0.3 is 5.97 Å². The van der Waals surface area contributed by atoms with E-state index in [0.29, 0.717) is 23.7 Å². The average Bonchev–Trinajstić information content (AvgIpc) is 2.81. The maximum Gasteiger partial charge on any atom is 0.338 e. The molecule has 0 saturated carbocycles. The van der Waals surface area contributed by atoms with Gasteiger partial charge in [-0.1, -0.05) is 29.8 Å². The first-order chi connectivity index (χ1) is 15.5. The van der Waals surface area contributed by atoms with Crippen molar-refractivity contribution in [3.05, 3.63) is 88.7 Å². The number of hydrogen-bond donors (Lipinski definition) is 0. The van der Waals surface area contributed by atoms with E-state index in [2.05, 4.69) is 9.80 Å². The molecule has 0 aliphatic carbocycles. The van der Waals surface area contributed by atoms with Crippen LogP contribution in [0, 0.1) is 5.82 Å². The topological polar surface area (TPSA) is 32.8 Å². The molecule has 0 bridgehead atoms. The Bertz CT molecular complexity index is 1060. The highest BCUT2D eigenvalue weighted by atomic mass is 35.5. The van der Waals surface area contributed by atoms with Crippen molar-refractivity contribution in [2.45, 2.75) is 13.5 Å². The van der Waals surface area contributed by atoms with Crippen molar-refractivity contribution in [3.63, 3.8) is 0 Å². The third-order valence-electron chi connectivity index (χ3n) is 5.73. The molecule has 166 valence electrons. The van der Waals surface area contributed by atoms with Crippen LogP contribution in [0.4, 0.5) is 10.1 Å². The Morgan fingerprint density at radius 3 is 2.31 bits per heavy atom. The Morgan fingerprint density at radius 2 is 1.66 bits per heavy atom. The Labute approximate surface area is 193 Å². The van der Waals surface area contributed by atoms with E-state index in [9.17, 15) is 9.18 Å². The lowest BCUT2D eigenvalue weighted by atomic mass is 9.99. The van der Waals surface area contributed by atoms with E-state index in [-0.39, 0.29) is 11.8 Å². The quantitative estimate of drug-likeness (QED) is 0.453. The predicted octanol–water partition coefficient (Wildman–Crippen LogP) is 5.65. The fraction of sp³-hybridized carbons (Fsp3) is 0.269. The van der Waals surface area contributed by atoms with E-state index in [0.717, 1.165) is 48.6 Å². The van der Waals surface area contributed by atoms with E-state index < -0.39 is 0 Å². The van der Waals surface area contributed by atoms with E-state index >= 15 is 0 Å². The highest BCUT2D eigenvalue weighted by molar-refractivity contribution is 6.30. The van der Waals surface area contributed by atoms with Gasteiger partial charge in [0.2, 0.25) is 0 Å². The van der Waals surface area contributed by atoms with Crippen molar-refractivity contribution in [1.29, 1.82) is 0 Å². The minimum Gasteiger partial charge on any atom is -0.462 e. The molecule has 3 aromatic carbocycles. The molecule has 0 N–H and O–H groups in total. The predicted molar refractivity (Wildman–Crippen MR) is 127 cm³/mol. The minimum absolute atomic E-state index is 0.224. The first-order valence-electron chi connectivity index (χ1n) is 10.8. The van der Waals surface area contributed by atoms with Crippen LogP contribution in [-0.4, -0.2) is 43.7 Å². The highest BCUT2D eigenvalue weighted by Crippen LogP contribution is 2.28. The van der Waals surface area contributed by atoms with Crippen molar-refractivity contribution in [1.82, 2.24) is 4.90 Å². The van der Waals surface area contributed by atoms with Crippen LogP contribution in [0.25, 0.3) is 11.1 Å².